The molecule has 0 fully saturated rings. The van der Waals surface area contributed by atoms with Gasteiger partial charge in [0.25, 0.3) is 5.95 Å². The van der Waals surface area contributed by atoms with Gasteiger partial charge in [-0.3, -0.25) is 5.32 Å². The summed E-state index contributed by atoms with van der Waals surface area (Å²) in [5.41, 5.74) is 7.45. The van der Waals surface area contributed by atoms with Crippen LogP contribution < -0.4 is 5.32 Å². The van der Waals surface area contributed by atoms with Crippen LogP contribution in [-0.2, 0) is 0 Å². The lowest BCUT2D eigenvalue weighted by atomic mass is 10.0. The fraction of sp³-hybridized carbons (Fsp3) is 0.227. The summed E-state index contributed by atoms with van der Waals surface area (Å²) in [6.07, 6.45) is 0. The summed E-state index contributed by atoms with van der Waals surface area (Å²) in [6, 6.07) is 12.9. The predicted molar refractivity (Wildman–Crippen MR) is 117 cm³/mol. The molecule has 0 unspecified atom stereocenters. The number of oxazole rings is 1. The highest BCUT2D eigenvalue weighted by atomic mass is 32.1. The average Bonchev–Trinajstić information content (AvgIpc) is 3.35. The SMILES string of the molecule is Cc1ccc(-c2csc3nc(Nc4nc5cc(C(C)C)ccc5o4)nn23)c(C)c1. The quantitative estimate of drug-likeness (QED) is 0.394. The third-order valence-corrected chi connectivity index (χ3v) is 5.85. The van der Waals surface area contributed by atoms with Crippen LogP contribution in [0.2, 0.25) is 0 Å². The number of nitrogens with one attached hydrogen (secondary N) is 1. The van der Waals surface area contributed by atoms with E-state index in [0.29, 0.717) is 17.9 Å². The molecular weight excluding hydrogens is 382 g/mol. The number of benzene rings is 2. The van der Waals surface area contributed by atoms with E-state index in [9.17, 15) is 0 Å². The molecule has 0 saturated carbocycles. The van der Waals surface area contributed by atoms with Gasteiger partial charge >= 0.3 is 6.01 Å². The maximum Gasteiger partial charge on any atom is 0.302 e. The van der Waals surface area contributed by atoms with Gasteiger partial charge in [-0.25, -0.2) is 4.52 Å². The first-order valence-corrected chi connectivity index (χ1v) is 10.5. The van der Waals surface area contributed by atoms with Crippen molar-refractivity contribution in [1.82, 2.24) is 19.6 Å². The van der Waals surface area contributed by atoms with E-state index in [-0.39, 0.29) is 0 Å². The number of nitrogens with zero attached hydrogens (tertiary/aromatic N) is 4. The first-order valence-electron chi connectivity index (χ1n) is 9.57. The second-order valence-electron chi connectivity index (χ2n) is 7.59. The van der Waals surface area contributed by atoms with Gasteiger partial charge in [-0.05, 0) is 43.0 Å². The Balaban J connectivity index is 1.48. The fourth-order valence-corrected chi connectivity index (χ4v) is 4.30. The van der Waals surface area contributed by atoms with Crippen molar-refractivity contribution in [2.45, 2.75) is 33.6 Å². The van der Waals surface area contributed by atoms with Crippen molar-refractivity contribution in [3.8, 4) is 11.3 Å². The lowest BCUT2D eigenvalue weighted by molar-refractivity contribution is 0.621. The Morgan fingerprint density at radius 1 is 1.07 bits per heavy atom. The van der Waals surface area contributed by atoms with Crippen molar-refractivity contribution in [2.24, 2.45) is 0 Å². The average molecular weight is 404 g/mol. The zero-order valence-electron chi connectivity index (χ0n) is 16.7. The van der Waals surface area contributed by atoms with Crippen molar-refractivity contribution in [2.75, 3.05) is 5.32 Å². The summed E-state index contributed by atoms with van der Waals surface area (Å²) < 4.78 is 7.68. The van der Waals surface area contributed by atoms with Crippen molar-refractivity contribution >= 4 is 39.4 Å². The Morgan fingerprint density at radius 3 is 2.72 bits per heavy atom. The highest BCUT2D eigenvalue weighted by Gasteiger charge is 2.15. The standard InChI is InChI=1S/C22H21N5OS/c1-12(2)15-6-8-19-17(10-15)23-21(28-19)24-20-25-22-27(26-20)18(11-29-22)16-7-5-13(3)9-14(16)4/h5-12H,1-4H3,(H,23,24,26). The molecule has 7 heteroatoms. The molecule has 0 saturated heterocycles. The molecule has 0 atom stereocenters. The van der Waals surface area contributed by atoms with Gasteiger partial charge in [-0.2, -0.15) is 9.97 Å². The molecule has 3 aromatic heterocycles. The molecular formula is C22H21N5OS. The molecule has 2 aromatic carbocycles. The molecule has 146 valence electrons. The van der Waals surface area contributed by atoms with Gasteiger partial charge in [0.1, 0.15) is 5.52 Å². The highest BCUT2D eigenvalue weighted by molar-refractivity contribution is 7.15. The van der Waals surface area contributed by atoms with Crippen molar-refractivity contribution in [3.63, 3.8) is 0 Å². The van der Waals surface area contributed by atoms with Crippen molar-refractivity contribution < 1.29 is 4.42 Å². The Bertz CT molecular complexity index is 1340. The first kappa shape index (κ1) is 17.9. The molecule has 29 heavy (non-hydrogen) atoms. The van der Waals surface area contributed by atoms with Crippen LogP contribution in [0.3, 0.4) is 0 Å². The summed E-state index contributed by atoms with van der Waals surface area (Å²) >= 11 is 1.56. The van der Waals surface area contributed by atoms with E-state index in [0.717, 1.165) is 27.3 Å². The first-order chi connectivity index (χ1) is 14.0. The molecule has 0 spiro atoms. The van der Waals surface area contributed by atoms with Crippen LogP contribution in [0.5, 0.6) is 0 Å². The number of aryl methyl sites for hydroxylation is 2. The van der Waals surface area contributed by atoms with Gasteiger partial charge in [-0.15, -0.1) is 16.4 Å². The van der Waals surface area contributed by atoms with Crippen LogP contribution in [0.25, 0.3) is 27.3 Å². The normalized spacial score (nSPS) is 11.8. The molecule has 0 bridgehead atoms. The lowest BCUT2D eigenvalue weighted by Crippen LogP contribution is -1.95. The van der Waals surface area contributed by atoms with E-state index >= 15 is 0 Å². The molecule has 0 radical (unpaired) electrons. The number of hydrogen-bond donors (Lipinski definition) is 1. The second-order valence-corrected chi connectivity index (χ2v) is 8.43. The number of aromatic nitrogens is 4. The monoisotopic (exact) mass is 403 g/mol. The maximum atomic E-state index is 5.82. The van der Waals surface area contributed by atoms with Crippen LogP contribution in [0.1, 0.15) is 36.5 Å². The Kier molecular flexibility index (Phi) is 4.13. The van der Waals surface area contributed by atoms with E-state index in [1.807, 2.05) is 10.6 Å². The molecule has 0 aliphatic carbocycles. The Hall–Kier alpha value is -3.19. The van der Waals surface area contributed by atoms with E-state index in [2.05, 4.69) is 83.8 Å². The molecule has 6 nitrogen and oxygen atoms in total. The highest BCUT2D eigenvalue weighted by Crippen LogP contribution is 2.30. The van der Waals surface area contributed by atoms with Gasteiger partial charge in [0.15, 0.2) is 5.58 Å². The third-order valence-electron chi connectivity index (χ3n) is 5.04. The van der Waals surface area contributed by atoms with Gasteiger partial charge in [-0.1, -0.05) is 43.7 Å². The predicted octanol–water partition coefficient (Wildman–Crippen LogP) is 6.08. The number of fused-ring (bicyclic) bond motifs is 2. The van der Waals surface area contributed by atoms with Crippen LogP contribution in [-0.4, -0.2) is 19.6 Å². The van der Waals surface area contributed by atoms with E-state index in [1.165, 1.54) is 16.7 Å². The van der Waals surface area contributed by atoms with Crippen LogP contribution in [0.4, 0.5) is 12.0 Å². The molecule has 1 N–H and O–H groups in total. The zero-order chi connectivity index (χ0) is 20.1. The molecule has 0 aliphatic heterocycles. The van der Waals surface area contributed by atoms with Crippen molar-refractivity contribution in [3.05, 3.63) is 58.5 Å². The summed E-state index contributed by atoms with van der Waals surface area (Å²) in [6.45, 7) is 8.54. The summed E-state index contributed by atoms with van der Waals surface area (Å²) in [5.74, 6) is 0.913. The Labute approximate surface area is 172 Å². The largest absolute Gasteiger partial charge is 0.423 e. The Morgan fingerprint density at radius 2 is 1.93 bits per heavy atom. The second kappa shape index (κ2) is 6.70. The van der Waals surface area contributed by atoms with Gasteiger partial charge < -0.3 is 4.42 Å². The number of thiazole rings is 1. The number of anilines is 2. The van der Waals surface area contributed by atoms with Gasteiger partial charge in [0.2, 0.25) is 4.96 Å². The van der Waals surface area contributed by atoms with E-state index in [1.54, 1.807) is 11.3 Å². The number of rotatable bonds is 4. The van der Waals surface area contributed by atoms with Crippen molar-refractivity contribution in [1.29, 1.82) is 0 Å². The minimum atomic E-state index is 0.396. The molecule has 5 rings (SSSR count). The minimum absolute atomic E-state index is 0.396. The minimum Gasteiger partial charge on any atom is -0.423 e. The smallest absolute Gasteiger partial charge is 0.302 e. The fourth-order valence-electron chi connectivity index (χ4n) is 3.47. The van der Waals surface area contributed by atoms with Crippen LogP contribution in [0, 0.1) is 13.8 Å². The summed E-state index contributed by atoms with van der Waals surface area (Å²) in [5, 5.41) is 9.82. The molecule has 3 heterocycles. The third kappa shape index (κ3) is 3.17. The summed E-state index contributed by atoms with van der Waals surface area (Å²) in [7, 11) is 0. The number of hydrogen-bond acceptors (Lipinski definition) is 6. The molecule has 5 aromatic rings. The van der Waals surface area contributed by atoms with E-state index < -0.39 is 0 Å². The van der Waals surface area contributed by atoms with Crippen LogP contribution >= 0.6 is 11.3 Å². The van der Waals surface area contributed by atoms with Crippen LogP contribution in [0.15, 0.2) is 46.2 Å². The van der Waals surface area contributed by atoms with E-state index in [4.69, 9.17) is 4.42 Å². The lowest BCUT2D eigenvalue weighted by Gasteiger charge is -2.05. The molecule has 0 amide bonds. The topological polar surface area (TPSA) is 68.2 Å². The van der Waals surface area contributed by atoms with Gasteiger partial charge in [0.05, 0.1) is 5.69 Å². The van der Waals surface area contributed by atoms with Gasteiger partial charge in [0, 0.05) is 10.9 Å². The summed E-state index contributed by atoms with van der Waals surface area (Å²) in [4.78, 5) is 9.94. The zero-order valence-corrected chi connectivity index (χ0v) is 17.5. The molecule has 0 aliphatic rings. The maximum absolute atomic E-state index is 5.82.